The molecule has 3 aliphatic rings. The molecular formula is C24H28O4. The fraction of sp³-hybridized carbons (Fsp3) is 0.500. The second kappa shape index (κ2) is 7.23. The van der Waals surface area contributed by atoms with Crippen LogP contribution in [0.25, 0.3) is 0 Å². The lowest BCUT2D eigenvalue weighted by Crippen LogP contribution is -2.44. The third-order valence-electron chi connectivity index (χ3n) is 6.79. The first-order valence-electron chi connectivity index (χ1n) is 10.2. The van der Waals surface area contributed by atoms with Crippen LogP contribution in [0, 0.1) is 11.8 Å². The maximum absolute atomic E-state index is 12.7. The van der Waals surface area contributed by atoms with Crippen molar-refractivity contribution in [3.05, 3.63) is 59.2 Å². The maximum Gasteiger partial charge on any atom is 0.334 e. The Morgan fingerprint density at radius 2 is 2.04 bits per heavy atom. The molecule has 2 fully saturated rings. The molecular weight excluding hydrogens is 352 g/mol. The molecule has 1 aliphatic heterocycles. The third-order valence-corrected chi connectivity index (χ3v) is 6.79. The SMILES string of the molecule is C=C1C(=O)O[C@H]2[C@H]1CCC(C)=C1CC[C@@](C)(OC(=O)CCc3ccccc3)[C@@H]12. The average Bonchev–Trinajstić information content (AvgIpc) is 3.10. The van der Waals surface area contributed by atoms with Gasteiger partial charge in [0.25, 0.3) is 0 Å². The zero-order valence-electron chi connectivity index (χ0n) is 16.7. The lowest BCUT2D eigenvalue weighted by molar-refractivity contribution is -0.167. The molecule has 4 rings (SSSR count). The van der Waals surface area contributed by atoms with Crippen LogP contribution in [0.2, 0.25) is 0 Å². The van der Waals surface area contributed by atoms with Crippen molar-refractivity contribution >= 4 is 11.9 Å². The van der Waals surface area contributed by atoms with Crippen molar-refractivity contribution in [3.63, 3.8) is 0 Å². The van der Waals surface area contributed by atoms with Gasteiger partial charge in [-0.1, -0.05) is 48.1 Å². The molecule has 0 aromatic heterocycles. The Labute approximate surface area is 166 Å². The lowest BCUT2D eigenvalue weighted by Gasteiger charge is -2.36. The van der Waals surface area contributed by atoms with Crippen LogP contribution >= 0.6 is 0 Å². The standard InChI is InChI=1S/C24H28O4/c1-15-9-11-19-16(2)23(26)27-22(19)21-18(15)13-14-24(21,3)28-20(25)12-10-17-7-5-4-6-8-17/h4-8,19,21-22H,2,9-14H2,1,3H3/t19-,21-,22-,24+/m0/s1. The second-order valence-electron chi connectivity index (χ2n) is 8.60. The first-order valence-corrected chi connectivity index (χ1v) is 10.2. The molecule has 4 atom stereocenters. The van der Waals surface area contributed by atoms with Crippen molar-refractivity contribution in [2.45, 2.75) is 64.1 Å². The van der Waals surface area contributed by atoms with Gasteiger partial charge in [-0.3, -0.25) is 4.79 Å². The van der Waals surface area contributed by atoms with Crippen molar-refractivity contribution in [1.82, 2.24) is 0 Å². The van der Waals surface area contributed by atoms with Crippen LogP contribution < -0.4 is 0 Å². The van der Waals surface area contributed by atoms with E-state index >= 15 is 0 Å². The van der Waals surface area contributed by atoms with Gasteiger partial charge in [-0.05, 0) is 51.5 Å². The number of fused-ring (bicyclic) bond motifs is 3. The molecule has 1 aromatic carbocycles. The van der Waals surface area contributed by atoms with Gasteiger partial charge < -0.3 is 9.47 Å². The fourth-order valence-corrected chi connectivity index (χ4v) is 5.21. The normalized spacial score (nSPS) is 31.9. The van der Waals surface area contributed by atoms with Crippen molar-refractivity contribution in [3.8, 4) is 0 Å². The molecule has 1 saturated heterocycles. The number of hydrogen-bond acceptors (Lipinski definition) is 4. The van der Waals surface area contributed by atoms with Crippen molar-refractivity contribution in [1.29, 1.82) is 0 Å². The summed E-state index contributed by atoms with van der Waals surface area (Å²) in [5.74, 6) is -0.526. The molecule has 0 N–H and O–H groups in total. The first kappa shape index (κ1) is 19.0. The molecule has 4 nitrogen and oxygen atoms in total. The van der Waals surface area contributed by atoms with Crippen molar-refractivity contribution in [2.24, 2.45) is 11.8 Å². The van der Waals surface area contributed by atoms with E-state index in [0.29, 0.717) is 18.4 Å². The number of aryl methyl sites for hydroxylation is 1. The van der Waals surface area contributed by atoms with Crippen LogP contribution in [-0.2, 0) is 25.5 Å². The highest BCUT2D eigenvalue weighted by molar-refractivity contribution is 5.91. The second-order valence-corrected chi connectivity index (χ2v) is 8.60. The predicted octanol–water partition coefficient (Wildman–Crippen LogP) is 4.54. The third kappa shape index (κ3) is 3.30. The van der Waals surface area contributed by atoms with Gasteiger partial charge in [-0.25, -0.2) is 4.79 Å². The summed E-state index contributed by atoms with van der Waals surface area (Å²) in [4.78, 5) is 24.8. The van der Waals surface area contributed by atoms with Gasteiger partial charge in [0.2, 0.25) is 0 Å². The van der Waals surface area contributed by atoms with Gasteiger partial charge in [-0.2, -0.15) is 0 Å². The van der Waals surface area contributed by atoms with E-state index in [4.69, 9.17) is 9.47 Å². The zero-order valence-corrected chi connectivity index (χ0v) is 16.7. The molecule has 148 valence electrons. The van der Waals surface area contributed by atoms with Crippen LogP contribution in [-0.4, -0.2) is 23.6 Å². The summed E-state index contributed by atoms with van der Waals surface area (Å²) in [6.07, 6.45) is 4.24. The molecule has 1 heterocycles. The number of allylic oxidation sites excluding steroid dienone is 1. The molecule has 0 radical (unpaired) electrons. The van der Waals surface area contributed by atoms with E-state index in [0.717, 1.165) is 31.2 Å². The molecule has 0 bridgehead atoms. The summed E-state index contributed by atoms with van der Waals surface area (Å²) in [6.45, 7) is 8.14. The Morgan fingerprint density at radius 3 is 2.79 bits per heavy atom. The molecule has 0 unspecified atom stereocenters. The predicted molar refractivity (Wildman–Crippen MR) is 106 cm³/mol. The number of esters is 2. The Bertz CT molecular complexity index is 837. The number of rotatable bonds is 4. The first-order chi connectivity index (χ1) is 13.4. The molecule has 1 saturated carbocycles. The summed E-state index contributed by atoms with van der Waals surface area (Å²) < 4.78 is 11.8. The zero-order chi connectivity index (χ0) is 19.9. The minimum atomic E-state index is -0.636. The Hall–Kier alpha value is -2.36. The Morgan fingerprint density at radius 1 is 1.29 bits per heavy atom. The number of hydrogen-bond donors (Lipinski definition) is 0. The largest absolute Gasteiger partial charge is 0.459 e. The van der Waals surface area contributed by atoms with Crippen LogP contribution in [0.4, 0.5) is 0 Å². The summed E-state index contributed by atoms with van der Waals surface area (Å²) in [5.41, 5.74) is 3.73. The number of carbonyl (C=O) groups excluding carboxylic acids is 2. The summed E-state index contributed by atoms with van der Waals surface area (Å²) in [5, 5.41) is 0. The van der Waals surface area contributed by atoms with E-state index in [-0.39, 0.29) is 29.9 Å². The van der Waals surface area contributed by atoms with Gasteiger partial charge in [0.15, 0.2) is 0 Å². The van der Waals surface area contributed by atoms with Gasteiger partial charge in [0.05, 0.1) is 5.92 Å². The summed E-state index contributed by atoms with van der Waals surface area (Å²) in [6, 6.07) is 9.97. The summed E-state index contributed by atoms with van der Waals surface area (Å²) >= 11 is 0. The van der Waals surface area contributed by atoms with E-state index < -0.39 is 5.60 Å². The van der Waals surface area contributed by atoms with Gasteiger partial charge >= 0.3 is 11.9 Å². The fourth-order valence-electron chi connectivity index (χ4n) is 5.21. The number of carbonyl (C=O) groups is 2. The van der Waals surface area contributed by atoms with E-state index in [9.17, 15) is 9.59 Å². The number of ether oxygens (including phenoxy) is 2. The van der Waals surface area contributed by atoms with E-state index in [1.807, 2.05) is 37.3 Å². The smallest absolute Gasteiger partial charge is 0.334 e. The van der Waals surface area contributed by atoms with E-state index in [1.54, 1.807) is 0 Å². The highest BCUT2D eigenvalue weighted by atomic mass is 16.6. The maximum atomic E-state index is 12.7. The topological polar surface area (TPSA) is 52.6 Å². The lowest BCUT2D eigenvalue weighted by atomic mass is 9.79. The van der Waals surface area contributed by atoms with Gasteiger partial charge in [-0.15, -0.1) is 0 Å². The van der Waals surface area contributed by atoms with Crippen LogP contribution in [0.15, 0.2) is 53.6 Å². The number of benzene rings is 1. The van der Waals surface area contributed by atoms with Crippen LogP contribution in [0.3, 0.4) is 0 Å². The highest BCUT2D eigenvalue weighted by Crippen LogP contribution is 2.53. The van der Waals surface area contributed by atoms with Crippen molar-refractivity contribution in [2.75, 3.05) is 0 Å². The molecule has 4 heteroatoms. The molecule has 28 heavy (non-hydrogen) atoms. The highest BCUT2D eigenvalue weighted by Gasteiger charge is 2.56. The van der Waals surface area contributed by atoms with Crippen LogP contribution in [0.1, 0.15) is 51.5 Å². The Balaban J connectivity index is 1.53. The van der Waals surface area contributed by atoms with E-state index in [2.05, 4.69) is 13.5 Å². The van der Waals surface area contributed by atoms with Crippen LogP contribution in [0.5, 0.6) is 0 Å². The van der Waals surface area contributed by atoms with Gasteiger partial charge in [0, 0.05) is 17.9 Å². The average molecular weight is 380 g/mol. The molecule has 2 aliphatic carbocycles. The Kier molecular flexibility index (Phi) is 4.90. The molecule has 1 aromatic rings. The minimum Gasteiger partial charge on any atom is -0.459 e. The molecule has 0 spiro atoms. The quantitative estimate of drug-likeness (QED) is 0.437. The van der Waals surface area contributed by atoms with E-state index in [1.165, 1.54) is 11.1 Å². The van der Waals surface area contributed by atoms with Gasteiger partial charge in [0.1, 0.15) is 11.7 Å². The van der Waals surface area contributed by atoms with Crippen molar-refractivity contribution < 1.29 is 19.1 Å². The minimum absolute atomic E-state index is 0.0189. The summed E-state index contributed by atoms with van der Waals surface area (Å²) in [7, 11) is 0. The molecule has 0 amide bonds. The monoisotopic (exact) mass is 380 g/mol.